The maximum Gasteiger partial charge on any atom is 0.244 e. The van der Waals surface area contributed by atoms with Crippen LogP contribution in [0.15, 0.2) is 29.2 Å². The Morgan fingerprint density at radius 1 is 1.12 bits per heavy atom. The van der Waals surface area contributed by atoms with Crippen molar-refractivity contribution in [1.29, 1.82) is 0 Å². The third kappa shape index (κ3) is 4.51. The highest BCUT2D eigenvalue weighted by molar-refractivity contribution is 7.89. The van der Waals surface area contributed by atoms with Crippen molar-refractivity contribution in [1.82, 2.24) is 9.21 Å². The zero-order chi connectivity index (χ0) is 17.3. The molecule has 0 N–H and O–H groups in total. The van der Waals surface area contributed by atoms with E-state index in [0.29, 0.717) is 11.1 Å². The van der Waals surface area contributed by atoms with Gasteiger partial charge < -0.3 is 4.90 Å². The van der Waals surface area contributed by atoms with Crippen LogP contribution in [0, 0.1) is 5.92 Å². The molecule has 0 bridgehead atoms. The first-order chi connectivity index (χ1) is 11.4. The molecule has 1 aromatic rings. The number of hydrogen-bond acceptors (Lipinski definition) is 3. The van der Waals surface area contributed by atoms with Crippen LogP contribution in [0.3, 0.4) is 0 Å². The Morgan fingerprint density at radius 2 is 1.76 bits per heavy atom. The van der Waals surface area contributed by atoms with Gasteiger partial charge in [0.05, 0.1) is 5.02 Å². The maximum absolute atomic E-state index is 12.9. The lowest BCUT2D eigenvalue weighted by molar-refractivity contribution is 0.136. The third-order valence-electron chi connectivity index (χ3n) is 5.72. The molecule has 1 aromatic carbocycles. The molecule has 2 unspecified atom stereocenters. The number of likely N-dealkylation sites (tertiary alicyclic amines) is 1. The van der Waals surface area contributed by atoms with Crippen molar-refractivity contribution in [2.45, 2.75) is 56.0 Å². The zero-order valence-electron chi connectivity index (χ0n) is 14.9. The fourth-order valence-corrected chi connectivity index (χ4v) is 5.88. The summed E-state index contributed by atoms with van der Waals surface area (Å²) in [5.74, 6) is 0.821. The van der Waals surface area contributed by atoms with Crippen molar-refractivity contribution in [2.75, 3.05) is 20.1 Å². The van der Waals surface area contributed by atoms with E-state index in [2.05, 4.69) is 11.8 Å². The molecule has 0 spiro atoms. The SMILES string of the molecule is CC1CCN(C2CCC(N(C)S(=O)(=O)c3ccccc3Cl)C2)CC1.Cl. The van der Waals surface area contributed by atoms with E-state index in [0.717, 1.165) is 38.3 Å². The highest BCUT2D eigenvalue weighted by Gasteiger charge is 2.37. The van der Waals surface area contributed by atoms with E-state index in [9.17, 15) is 8.42 Å². The Morgan fingerprint density at radius 3 is 2.40 bits per heavy atom. The molecule has 1 heterocycles. The topological polar surface area (TPSA) is 40.6 Å². The third-order valence-corrected chi connectivity index (χ3v) is 8.13. The molecule has 2 atom stereocenters. The number of rotatable bonds is 4. The van der Waals surface area contributed by atoms with Crippen molar-refractivity contribution in [3.05, 3.63) is 29.3 Å². The van der Waals surface area contributed by atoms with Gasteiger partial charge in [0, 0.05) is 19.1 Å². The van der Waals surface area contributed by atoms with Gasteiger partial charge in [-0.2, -0.15) is 4.31 Å². The van der Waals surface area contributed by atoms with E-state index in [1.165, 1.54) is 12.8 Å². The van der Waals surface area contributed by atoms with E-state index >= 15 is 0 Å². The lowest BCUT2D eigenvalue weighted by atomic mass is 9.97. The molecule has 7 heteroatoms. The minimum Gasteiger partial charge on any atom is -0.300 e. The summed E-state index contributed by atoms with van der Waals surface area (Å²) in [5.41, 5.74) is 0. The van der Waals surface area contributed by atoms with Gasteiger partial charge in [-0.1, -0.05) is 30.7 Å². The Hall–Kier alpha value is -0.330. The molecular weight excluding hydrogens is 379 g/mol. The number of sulfonamides is 1. The first kappa shape index (κ1) is 21.0. The fourth-order valence-electron chi connectivity index (χ4n) is 4.00. The Bertz CT molecular complexity index is 675. The lowest BCUT2D eigenvalue weighted by Gasteiger charge is -2.35. The van der Waals surface area contributed by atoms with Gasteiger partial charge in [-0.05, 0) is 63.2 Å². The van der Waals surface area contributed by atoms with Crippen LogP contribution in [0.25, 0.3) is 0 Å². The molecule has 2 fully saturated rings. The first-order valence-electron chi connectivity index (χ1n) is 8.86. The van der Waals surface area contributed by atoms with Gasteiger partial charge in [0.2, 0.25) is 10.0 Å². The Labute approximate surface area is 163 Å². The molecule has 142 valence electrons. The van der Waals surface area contributed by atoms with Crippen LogP contribution in [-0.2, 0) is 10.0 Å². The van der Waals surface area contributed by atoms with Crippen LogP contribution in [0.5, 0.6) is 0 Å². The molecule has 0 aromatic heterocycles. The van der Waals surface area contributed by atoms with Crippen molar-refractivity contribution in [3.8, 4) is 0 Å². The number of benzene rings is 1. The normalized spacial score (nSPS) is 25.9. The lowest BCUT2D eigenvalue weighted by Crippen LogP contribution is -2.41. The highest BCUT2D eigenvalue weighted by atomic mass is 35.5. The van der Waals surface area contributed by atoms with Crippen molar-refractivity contribution in [2.24, 2.45) is 5.92 Å². The average molecular weight is 407 g/mol. The molecule has 25 heavy (non-hydrogen) atoms. The summed E-state index contributed by atoms with van der Waals surface area (Å²) in [5, 5.41) is 0.295. The molecule has 1 aliphatic carbocycles. The zero-order valence-corrected chi connectivity index (χ0v) is 17.3. The fraction of sp³-hybridized carbons (Fsp3) is 0.667. The van der Waals surface area contributed by atoms with Crippen molar-refractivity contribution >= 4 is 34.0 Å². The van der Waals surface area contributed by atoms with E-state index in [4.69, 9.17) is 11.6 Å². The number of piperidine rings is 1. The Kier molecular flexibility index (Phi) is 7.19. The van der Waals surface area contributed by atoms with Crippen molar-refractivity contribution < 1.29 is 8.42 Å². The van der Waals surface area contributed by atoms with Gasteiger partial charge in [-0.25, -0.2) is 8.42 Å². The van der Waals surface area contributed by atoms with Gasteiger partial charge in [-0.3, -0.25) is 0 Å². The first-order valence-corrected chi connectivity index (χ1v) is 10.7. The molecule has 0 amide bonds. The summed E-state index contributed by atoms with van der Waals surface area (Å²) < 4.78 is 27.3. The van der Waals surface area contributed by atoms with Gasteiger partial charge in [-0.15, -0.1) is 12.4 Å². The Balaban J connectivity index is 0.00000225. The summed E-state index contributed by atoms with van der Waals surface area (Å²) in [6.07, 6.45) is 5.46. The van der Waals surface area contributed by atoms with E-state index in [-0.39, 0.29) is 23.3 Å². The monoisotopic (exact) mass is 406 g/mol. The standard InChI is InChI=1S/C18H27ClN2O2S.ClH/c1-14-9-11-21(12-10-14)16-8-7-15(13-16)20(2)24(22,23)18-6-4-3-5-17(18)19;/h3-6,14-16H,7-13H2,1-2H3;1H. The van der Waals surface area contributed by atoms with Crippen LogP contribution in [0.1, 0.15) is 39.0 Å². The highest BCUT2D eigenvalue weighted by Crippen LogP contribution is 2.33. The van der Waals surface area contributed by atoms with E-state index in [1.54, 1.807) is 35.6 Å². The number of halogens is 2. The molecule has 1 aliphatic heterocycles. The van der Waals surface area contributed by atoms with Crippen LogP contribution in [0.2, 0.25) is 5.02 Å². The minimum absolute atomic E-state index is 0. The predicted molar refractivity (Wildman–Crippen MR) is 105 cm³/mol. The maximum atomic E-state index is 12.9. The summed E-state index contributed by atoms with van der Waals surface area (Å²) in [4.78, 5) is 2.78. The largest absolute Gasteiger partial charge is 0.300 e. The number of nitrogens with zero attached hydrogens (tertiary/aromatic N) is 2. The summed E-state index contributed by atoms with van der Waals surface area (Å²) in [6, 6.07) is 7.28. The molecule has 4 nitrogen and oxygen atoms in total. The van der Waals surface area contributed by atoms with Crippen LogP contribution in [0.4, 0.5) is 0 Å². The minimum atomic E-state index is -3.53. The molecule has 1 saturated carbocycles. The van der Waals surface area contributed by atoms with E-state index < -0.39 is 10.0 Å². The molecule has 1 saturated heterocycles. The molecular formula is C18H28Cl2N2O2S. The predicted octanol–water partition coefficient (Wildman–Crippen LogP) is 4.04. The second-order valence-electron chi connectivity index (χ2n) is 7.29. The van der Waals surface area contributed by atoms with Crippen molar-refractivity contribution in [3.63, 3.8) is 0 Å². The average Bonchev–Trinajstić information content (AvgIpc) is 3.05. The number of hydrogen-bond donors (Lipinski definition) is 0. The smallest absolute Gasteiger partial charge is 0.244 e. The molecule has 2 aliphatic rings. The van der Waals surface area contributed by atoms with Crippen LogP contribution < -0.4 is 0 Å². The van der Waals surface area contributed by atoms with E-state index in [1.807, 2.05) is 0 Å². The quantitative estimate of drug-likeness (QED) is 0.757. The van der Waals surface area contributed by atoms with Gasteiger partial charge >= 0.3 is 0 Å². The summed E-state index contributed by atoms with van der Waals surface area (Å²) >= 11 is 6.11. The van der Waals surface area contributed by atoms with Crippen LogP contribution in [-0.4, -0.2) is 49.8 Å². The second kappa shape index (κ2) is 8.57. The summed E-state index contributed by atoms with van der Waals surface area (Å²) in [6.45, 7) is 4.62. The summed E-state index contributed by atoms with van der Waals surface area (Å²) in [7, 11) is -1.83. The van der Waals surface area contributed by atoms with Gasteiger partial charge in [0.1, 0.15) is 4.90 Å². The second-order valence-corrected chi connectivity index (χ2v) is 9.66. The van der Waals surface area contributed by atoms with Gasteiger partial charge in [0.25, 0.3) is 0 Å². The molecule has 0 radical (unpaired) electrons. The van der Waals surface area contributed by atoms with Gasteiger partial charge in [0.15, 0.2) is 0 Å². The van der Waals surface area contributed by atoms with Crippen LogP contribution >= 0.6 is 24.0 Å². The molecule has 3 rings (SSSR count).